The van der Waals surface area contributed by atoms with Gasteiger partial charge in [0.1, 0.15) is 23.7 Å². The average Bonchev–Trinajstić information content (AvgIpc) is 2.93. The number of carbonyl (C=O) groups excluding carboxylic acids is 4. The summed E-state index contributed by atoms with van der Waals surface area (Å²) in [6, 6.07) is 2.78. The van der Waals surface area contributed by atoms with Crippen molar-refractivity contribution < 1.29 is 33.0 Å². The first-order valence-electron chi connectivity index (χ1n) is 9.45. The molecule has 1 N–H and O–H groups in total. The van der Waals surface area contributed by atoms with E-state index in [1.165, 1.54) is 13.2 Å². The van der Waals surface area contributed by atoms with Gasteiger partial charge in [0.15, 0.2) is 6.61 Å². The van der Waals surface area contributed by atoms with E-state index in [4.69, 9.17) is 9.47 Å². The van der Waals surface area contributed by atoms with Crippen LogP contribution in [0, 0.1) is 11.7 Å². The van der Waals surface area contributed by atoms with Crippen LogP contribution in [0.2, 0.25) is 0 Å². The molecule has 8 nitrogen and oxygen atoms in total. The van der Waals surface area contributed by atoms with Crippen molar-refractivity contribution in [3.05, 3.63) is 29.6 Å². The van der Waals surface area contributed by atoms with Gasteiger partial charge in [-0.3, -0.25) is 19.3 Å². The minimum Gasteiger partial charge on any atom is -0.496 e. The largest absolute Gasteiger partial charge is 0.496 e. The Balaban J connectivity index is 1.61. The number of ether oxygens (including phenoxy) is 2. The molecule has 156 valence electrons. The second-order valence-electron chi connectivity index (χ2n) is 7.37. The van der Waals surface area contributed by atoms with Crippen LogP contribution in [0.3, 0.4) is 0 Å². The highest BCUT2D eigenvalue weighted by Crippen LogP contribution is 2.38. The summed E-state index contributed by atoms with van der Waals surface area (Å²) >= 11 is 0. The van der Waals surface area contributed by atoms with Crippen molar-refractivity contribution in [2.45, 2.75) is 38.1 Å². The SMILES string of the molecule is COc1ccc(F)cc1C(=O)COC(=O)CN1C(=O)N[C@@]2(CCCC[C@@H]2C)C1=O. The Morgan fingerprint density at radius 2 is 2.07 bits per heavy atom. The van der Waals surface area contributed by atoms with Crippen LogP contribution in [-0.4, -0.2) is 54.4 Å². The number of Topliss-reactive ketones (excluding diaryl/α,β-unsaturated/α-hetero) is 1. The van der Waals surface area contributed by atoms with E-state index in [0.29, 0.717) is 6.42 Å². The third kappa shape index (κ3) is 3.94. The normalized spacial score (nSPS) is 23.8. The van der Waals surface area contributed by atoms with Crippen molar-refractivity contribution in [3.8, 4) is 5.75 Å². The van der Waals surface area contributed by atoms with Crippen molar-refractivity contribution in [1.29, 1.82) is 0 Å². The number of esters is 1. The Bertz CT molecular complexity index is 857. The Labute approximate surface area is 167 Å². The van der Waals surface area contributed by atoms with Crippen LogP contribution < -0.4 is 10.1 Å². The van der Waals surface area contributed by atoms with Gasteiger partial charge in [-0.05, 0) is 37.0 Å². The molecule has 1 aliphatic carbocycles. The van der Waals surface area contributed by atoms with Gasteiger partial charge in [-0.2, -0.15) is 0 Å². The number of nitrogens with zero attached hydrogens (tertiary/aromatic N) is 1. The van der Waals surface area contributed by atoms with Gasteiger partial charge in [0.05, 0.1) is 12.7 Å². The van der Waals surface area contributed by atoms with E-state index in [2.05, 4.69) is 5.32 Å². The molecule has 0 bridgehead atoms. The Kier molecular flexibility index (Phi) is 5.86. The molecule has 2 aliphatic rings. The number of urea groups is 1. The molecule has 1 saturated heterocycles. The molecule has 1 aromatic rings. The van der Waals surface area contributed by atoms with Crippen molar-refractivity contribution in [1.82, 2.24) is 10.2 Å². The number of hydrogen-bond acceptors (Lipinski definition) is 6. The predicted molar refractivity (Wildman–Crippen MR) is 98.8 cm³/mol. The highest BCUT2D eigenvalue weighted by molar-refractivity contribution is 6.09. The summed E-state index contributed by atoms with van der Waals surface area (Å²) in [4.78, 5) is 50.3. The van der Waals surface area contributed by atoms with Crippen LogP contribution in [0.25, 0.3) is 0 Å². The summed E-state index contributed by atoms with van der Waals surface area (Å²) < 4.78 is 23.3. The number of carbonyl (C=O) groups is 4. The molecule has 3 rings (SSSR count). The Morgan fingerprint density at radius 1 is 1.31 bits per heavy atom. The minimum atomic E-state index is -0.972. The zero-order valence-corrected chi connectivity index (χ0v) is 16.3. The first-order valence-corrected chi connectivity index (χ1v) is 9.45. The zero-order valence-electron chi connectivity index (χ0n) is 16.3. The number of benzene rings is 1. The van der Waals surface area contributed by atoms with Crippen molar-refractivity contribution in [3.63, 3.8) is 0 Å². The summed E-state index contributed by atoms with van der Waals surface area (Å²) in [7, 11) is 1.33. The third-order valence-corrected chi connectivity index (χ3v) is 5.61. The zero-order chi connectivity index (χ0) is 21.2. The van der Waals surface area contributed by atoms with Gasteiger partial charge in [-0.1, -0.05) is 19.8 Å². The Morgan fingerprint density at radius 3 is 2.76 bits per heavy atom. The maximum atomic E-state index is 13.4. The van der Waals surface area contributed by atoms with Gasteiger partial charge in [-0.15, -0.1) is 0 Å². The van der Waals surface area contributed by atoms with Gasteiger partial charge < -0.3 is 14.8 Å². The third-order valence-electron chi connectivity index (χ3n) is 5.61. The summed E-state index contributed by atoms with van der Waals surface area (Å²) in [5.41, 5.74) is -1.04. The van der Waals surface area contributed by atoms with E-state index < -0.39 is 48.2 Å². The van der Waals surface area contributed by atoms with Crippen LogP contribution in [-0.2, 0) is 14.3 Å². The summed E-state index contributed by atoms with van der Waals surface area (Å²) in [6.07, 6.45) is 3.15. The summed E-state index contributed by atoms with van der Waals surface area (Å²) in [5, 5.41) is 2.74. The number of imide groups is 1. The number of amides is 3. The fourth-order valence-corrected chi connectivity index (χ4v) is 3.94. The molecule has 3 amide bonds. The fraction of sp³-hybridized carbons (Fsp3) is 0.500. The van der Waals surface area contributed by atoms with E-state index >= 15 is 0 Å². The summed E-state index contributed by atoms with van der Waals surface area (Å²) in [6.45, 7) is 0.654. The molecule has 9 heteroatoms. The van der Waals surface area contributed by atoms with Gasteiger partial charge in [0.2, 0.25) is 5.78 Å². The molecule has 1 heterocycles. The smallest absolute Gasteiger partial charge is 0.326 e. The lowest BCUT2D eigenvalue weighted by Crippen LogP contribution is -2.54. The second kappa shape index (κ2) is 8.18. The molecule has 1 spiro atoms. The molecule has 0 radical (unpaired) electrons. The molecule has 29 heavy (non-hydrogen) atoms. The first kappa shape index (κ1) is 20.8. The second-order valence-corrected chi connectivity index (χ2v) is 7.37. The van der Waals surface area contributed by atoms with Crippen LogP contribution in [0.5, 0.6) is 5.75 Å². The molecule has 2 fully saturated rings. The fourth-order valence-electron chi connectivity index (χ4n) is 3.94. The number of methoxy groups -OCH3 is 1. The van der Waals surface area contributed by atoms with Crippen molar-refractivity contribution in [2.24, 2.45) is 5.92 Å². The quantitative estimate of drug-likeness (QED) is 0.441. The lowest BCUT2D eigenvalue weighted by Gasteiger charge is -2.36. The Hall–Kier alpha value is -2.97. The molecule has 1 aromatic carbocycles. The number of rotatable bonds is 6. The lowest BCUT2D eigenvalue weighted by molar-refractivity contribution is -0.147. The lowest BCUT2D eigenvalue weighted by atomic mass is 9.73. The van der Waals surface area contributed by atoms with Crippen molar-refractivity contribution >= 4 is 23.7 Å². The number of halogens is 1. The van der Waals surface area contributed by atoms with E-state index in [-0.39, 0.29) is 17.2 Å². The molecular weight excluding hydrogens is 383 g/mol. The van der Waals surface area contributed by atoms with Gasteiger partial charge >= 0.3 is 12.0 Å². The van der Waals surface area contributed by atoms with E-state index in [0.717, 1.165) is 36.3 Å². The maximum absolute atomic E-state index is 13.4. The van der Waals surface area contributed by atoms with Gasteiger partial charge in [0.25, 0.3) is 5.91 Å². The monoisotopic (exact) mass is 406 g/mol. The van der Waals surface area contributed by atoms with E-state index in [1.807, 2.05) is 6.92 Å². The minimum absolute atomic E-state index is 0.0317. The average molecular weight is 406 g/mol. The molecule has 0 aromatic heterocycles. The van der Waals surface area contributed by atoms with Crippen molar-refractivity contribution in [2.75, 3.05) is 20.3 Å². The molecule has 1 aliphatic heterocycles. The van der Waals surface area contributed by atoms with Crippen LogP contribution in [0.1, 0.15) is 43.0 Å². The van der Waals surface area contributed by atoms with Crippen LogP contribution >= 0.6 is 0 Å². The highest BCUT2D eigenvalue weighted by Gasteiger charge is 2.55. The van der Waals surface area contributed by atoms with E-state index in [1.54, 1.807) is 0 Å². The molecular formula is C20H23FN2O6. The topological polar surface area (TPSA) is 102 Å². The predicted octanol–water partition coefficient (Wildman–Crippen LogP) is 2.06. The first-order chi connectivity index (χ1) is 13.8. The van der Waals surface area contributed by atoms with Crippen LogP contribution in [0.15, 0.2) is 18.2 Å². The summed E-state index contributed by atoms with van der Waals surface area (Å²) in [5.74, 6) is -2.52. The highest BCUT2D eigenvalue weighted by atomic mass is 19.1. The maximum Gasteiger partial charge on any atom is 0.326 e. The van der Waals surface area contributed by atoms with Gasteiger partial charge in [-0.25, -0.2) is 9.18 Å². The van der Waals surface area contributed by atoms with Gasteiger partial charge in [0, 0.05) is 0 Å². The number of nitrogens with one attached hydrogen (secondary N) is 1. The molecule has 2 atom stereocenters. The standard InChI is InChI=1S/C20H23FN2O6/c1-12-5-3-4-8-20(12)18(26)23(19(27)22-20)10-17(25)29-11-15(24)14-9-13(21)6-7-16(14)28-2/h6-7,9,12H,3-5,8,10-11H2,1-2H3,(H,22,27)/t12-,20+/m0/s1. The number of ketones is 1. The molecule has 0 unspecified atom stereocenters. The number of hydrogen-bond donors (Lipinski definition) is 1. The van der Waals surface area contributed by atoms with Crippen LogP contribution in [0.4, 0.5) is 9.18 Å². The van der Waals surface area contributed by atoms with E-state index in [9.17, 15) is 23.6 Å². The molecule has 1 saturated carbocycles.